The van der Waals surface area contributed by atoms with Gasteiger partial charge in [0.1, 0.15) is 4.88 Å². The first-order valence-electron chi connectivity index (χ1n) is 6.77. The maximum Gasteiger partial charge on any atom is 0.263 e. The average Bonchev–Trinajstić information content (AvgIpc) is 3.05. The van der Waals surface area contributed by atoms with Gasteiger partial charge >= 0.3 is 0 Å². The second kappa shape index (κ2) is 5.63. The first-order chi connectivity index (χ1) is 9.75. The lowest BCUT2D eigenvalue weighted by molar-refractivity contribution is 0.0958. The maximum atomic E-state index is 12.0. The molecular formula is C15H17N3OS. The molecule has 1 aliphatic heterocycles. The van der Waals surface area contributed by atoms with Crippen LogP contribution < -0.4 is 10.2 Å². The van der Waals surface area contributed by atoms with Crippen LogP contribution in [0, 0.1) is 6.92 Å². The highest BCUT2D eigenvalue weighted by Gasteiger charge is 2.18. The molecule has 0 aliphatic carbocycles. The number of para-hydroxylation sites is 1. The molecule has 0 bridgehead atoms. The molecule has 0 saturated carbocycles. The zero-order chi connectivity index (χ0) is 13.9. The van der Waals surface area contributed by atoms with Gasteiger partial charge in [0, 0.05) is 25.3 Å². The molecule has 2 heterocycles. The van der Waals surface area contributed by atoms with Gasteiger partial charge in [-0.25, -0.2) is 4.98 Å². The van der Waals surface area contributed by atoms with Crippen LogP contribution in [0.2, 0.25) is 0 Å². The average molecular weight is 287 g/mol. The standard InChI is InChI=1S/C15H17N3OS/c1-11-14(20-10-17-11)15(19)16-7-9-18-8-6-12-4-2-3-5-13(12)18/h2-5,10H,6-9H2,1H3,(H,16,19). The van der Waals surface area contributed by atoms with E-state index >= 15 is 0 Å². The van der Waals surface area contributed by atoms with Crippen molar-refractivity contribution in [2.24, 2.45) is 0 Å². The summed E-state index contributed by atoms with van der Waals surface area (Å²) < 4.78 is 0. The Balaban J connectivity index is 1.54. The number of rotatable bonds is 4. The minimum absolute atomic E-state index is 0.0162. The van der Waals surface area contributed by atoms with Crippen LogP contribution in [0.25, 0.3) is 0 Å². The summed E-state index contributed by atoms with van der Waals surface area (Å²) >= 11 is 1.39. The lowest BCUT2D eigenvalue weighted by atomic mass is 10.2. The van der Waals surface area contributed by atoms with E-state index in [-0.39, 0.29) is 5.91 Å². The van der Waals surface area contributed by atoms with E-state index in [2.05, 4.69) is 39.5 Å². The largest absolute Gasteiger partial charge is 0.369 e. The van der Waals surface area contributed by atoms with Gasteiger partial charge in [0.25, 0.3) is 5.91 Å². The van der Waals surface area contributed by atoms with E-state index in [9.17, 15) is 4.79 Å². The summed E-state index contributed by atoms with van der Waals surface area (Å²) in [6.45, 7) is 4.40. The molecule has 1 aromatic heterocycles. The van der Waals surface area contributed by atoms with Crippen LogP contribution in [0.15, 0.2) is 29.8 Å². The molecule has 0 unspecified atom stereocenters. The molecular weight excluding hydrogens is 270 g/mol. The van der Waals surface area contributed by atoms with Crippen LogP contribution >= 0.6 is 11.3 Å². The number of hydrogen-bond donors (Lipinski definition) is 1. The van der Waals surface area contributed by atoms with Gasteiger partial charge in [-0.15, -0.1) is 11.3 Å². The van der Waals surface area contributed by atoms with Crippen molar-refractivity contribution in [1.82, 2.24) is 10.3 Å². The number of nitrogens with zero attached hydrogens (tertiary/aromatic N) is 2. The summed E-state index contributed by atoms with van der Waals surface area (Å²) in [5.74, 6) is -0.0162. The highest BCUT2D eigenvalue weighted by atomic mass is 32.1. The van der Waals surface area contributed by atoms with E-state index in [1.165, 1.54) is 22.6 Å². The summed E-state index contributed by atoms with van der Waals surface area (Å²) in [5.41, 5.74) is 5.22. The number of aromatic nitrogens is 1. The summed E-state index contributed by atoms with van der Waals surface area (Å²) in [5, 5.41) is 2.97. The number of thiazole rings is 1. The second-order valence-corrected chi connectivity index (χ2v) is 5.74. The van der Waals surface area contributed by atoms with Crippen molar-refractivity contribution < 1.29 is 4.79 Å². The van der Waals surface area contributed by atoms with Gasteiger partial charge in [-0.2, -0.15) is 0 Å². The smallest absolute Gasteiger partial charge is 0.263 e. The molecule has 5 heteroatoms. The third kappa shape index (κ3) is 2.54. The Morgan fingerprint density at radius 3 is 3.10 bits per heavy atom. The van der Waals surface area contributed by atoms with E-state index in [0.29, 0.717) is 11.4 Å². The highest BCUT2D eigenvalue weighted by molar-refractivity contribution is 7.11. The maximum absolute atomic E-state index is 12.0. The zero-order valence-electron chi connectivity index (χ0n) is 11.4. The number of nitrogens with one attached hydrogen (secondary N) is 1. The molecule has 1 aliphatic rings. The van der Waals surface area contributed by atoms with Gasteiger partial charge in [-0.05, 0) is 25.0 Å². The fraction of sp³-hybridized carbons (Fsp3) is 0.333. The molecule has 3 rings (SSSR count). The van der Waals surface area contributed by atoms with E-state index in [1.54, 1.807) is 5.51 Å². The Hall–Kier alpha value is -1.88. The molecule has 1 N–H and O–H groups in total. The molecule has 0 spiro atoms. The van der Waals surface area contributed by atoms with Crippen molar-refractivity contribution in [3.05, 3.63) is 45.9 Å². The molecule has 0 radical (unpaired) electrons. The van der Waals surface area contributed by atoms with Crippen LogP contribution in [0.1, 0.15) is 20.9 Å². The van der Waals surface area contributed by atoms with Gasteiger partial charge in [-0.3, -0.25) is 4.79 Å². The van der Waals surface area contributed by atoms with Crippen molar-refractivity contribution in [2.45, 2.75) is 13.3 Å². The number of hydrogen-bond acceptors (Lipinski definition) is 4. The van der Waals surface area contributed by atoms with E-state index in [4.69, 9.17) is 0 Å². The van der Waals surface area contributed by atoms with Crippen molar-refractivity contribution >= 4 is 22.9 Å². The highest BCUT2D eigenvalue weighted by Crippen LogP contribution is 2.26. The Labute approximate surface area is 122 Å². The zero-order valence-corrected chi connectivity index (χ0v) is 12.2. The van der Waals surface area contributed by atoms with Gasteiger partial charge in [0.05, 0.1) is 11.2 Å². The van der Waals surface area contributed by atoms with Crippen molar-refractivity contribution in [3.8, 4) is 0 Å². The Bertz CT molecular complexity index is 623. The van der Waals surface area contributed by atoms with Crippen LogP contribution in [-0.4, -0.2) is 30.5 Å². The minimum Gasteiger partial charge on any atom is -0.369 e. The monoisotopic (exact) mass is 287 g/mol. The van der Waals surface area contributed by atoms with Crippen molar-refractivity contribution in [1.29, 1.82) is 0 Å². The van der Waals surface area contributed by atoms with Crippen LogP contribution in [-0.2, 0) is 6.42 Å². The lowest BCUT2D eigenvalue weighted by Crippen LogP contribution is -2.34. The number of aryl methyl sites for hydroxylation is 1. The summed E-state index contributed by atoms with van der Waals surface area (Å²) in [7, 11) is 0. The van der Waals surface area contributed by atoms with E-state index in [0.717, 1.165) is 25.2 Å². The predicted molar refractivity (Wildman–Crippen MR) is 81.5 cm³/mol. The quantitative estimate of drug-likeness (QED) is 0.938. The van der Waals surface area contributed by atoms with Crippen molar-refractivity contribution in [3.63, 3.8) is 0 Å². The molecule has 20 heavy (non-hydrogen) atoms. The van der Waals surface area contributed by atoms with Gasteiger partial charge in [0.15, 0.2) is 0 Å². The van der Waals surface area contributed by atoms with E-state index < -0.39 is 0 Å². The molecule has 104 valence electrons. The number of carbonyl (C=O) groups excluding carboxylic acids is 1. The van der Waals surface area contributed by atoms with Crippen molar-refractivity contribution in [2.75, 3.05) is 24.5 Å². The minimum atomic E-state index is -0.0162. The predicted octanol–water partition coefficient (Wildman–Crippen LogP) is 2.24. The Morgan fingerprint density at radius 2 is 2.30 bits per heavy atom. The first kappa shape index (κ1) is 13.1. The number of amides is 1. The first-order valence-corrected chi connectivity index (χ1v) is 7.65. The second-order valence-electron chi connectivity index (χ2n) is 4.89. The van der Waals surface area contributed by atoms with Crippen LogP contribution in [0.4, 0.5) is 5.69 Å². The van der Waals surface area contributed by atoms with Crippen LogP contribution in [0.5, 0.6) is 0 Å². The van der Waals surface area contributed by atoms with Crippen LogP contribution in [0.3, 0.4) is 0 Å². The molecule has 2 aromatic rings. The lowest BCUT2D eigenvalue weighted by Gasteiger charge is -2.19. The van der Waals surface area contributed by atoms with Gasteiger partial charge in [-0.1, -0.05) is 18.2 Å². The normalized spacial score (nSPS) is 13.3. The third-order valence-corrected chi connectivity index (χ3v) is 4.53. The number of carbonyl (C=O) groups is 1. The third-order valence-electron chi connectivity index (χ3n) is 3.60. The molecule has 0 saturated heterocycles. The summed E-state index contributed by atoms with van der Waals surface area (Å²) in [6.07, 6.45) is 1.10. The Kier molecular flexibility index (Phi) is 3.69. The molecule has 0 atom stereocenters. The SMILES string of the molecule is Cc1ncsc1C(=O)NCCN1CCc2ccccc21. The number of fused-ring (bicyclic) bond motifs is 1. The molecule has 0 fully saturated rings. The number of benzene rings is 1. The van der Waals surface area contributed by atoms with Gasteiger partial charge in [0.2, 0.25) is 0 Å². The van der Waals surface area contributed by atoms with Gasteiger partial charge < -0.3 is 10.2 Å². The summed E-state index contributed by atoms with van der Waals surface area (Å²) in [4.78, 5) is 19.1. The fourth-order valence-corrected chi connectivity index (χ4v) is 3.26. The molecule has 1 amide bonds. The molecule has 4 nitrogen and oxygen atoms in total. The Morgan fingerprint density at radius 1 is 1.45 bits per heavy atom. The topological polar surface area (TPSA) is 45.2 Å². The number of anilines is 1. The molecule has 1 aromatic carbocycles. The van der Waals surface area contributed by atoms with E-state index in [1.807, 2.05) is 6.92 Å². The summed E-state index contributed by atoms with van der Waals surface area (Å²) in [6, 6.07) is 8.47. The fourth-order valence-electron chi connectivity index (χ4n) is 2.54.